The zero-order valence-corrected chi connectivity index (χ0v) is 11.2. The number of halogens is 1. The Morgan fingerprint density at radius 3 is 2.53 bits per heavy atom. The maximum atomic E-state index is 11.6. The molecule has 1 aromatic carbocycles. The SMILES string of the molecule is CNCC(=O)NC(c1ccccc1Cl)C(C)C. The average molecular weight is 255 g/mol. The lowest BCUT2D eigenvalue weighted by molar-refractivity contribution is -0.121. The second-order valence-corrected chi connectivity index (χ2v) is 4.75. The first-order valence-electron chi connectivity index (χ1n) is 5.74. The van der Waals surface area contributed by atoms with Gasteiger partial charge in [-0.15, -0.1) is 0 Å². The van der Waals surface area contributed by atoms with Crippen molar-refractivity contribution in [3.05, 3.63) is 34.9 Å². The molecule has 1 unspecified atom stereocenters. The molecule has 0 spiro atoms. The molecule has 0 aliphatic heterocycles. The zero-order chi connectivity index (χ0) is 12.8. The van der Waals surface area contributed by atoms with Gasteiger partial charge in [0.15, 0.2) is 0 Å². The van der Waals surface area contributed by atoms with Crippen LogP contribution in [0.15, 0.2) is 24.3 Å². The summed E-state index contributed by atoms with van der Waals surface area (Å²) in [7, 11) is 1.75. The van der Waals surface area contributed by atoms with Crippen molar-refractivity contribution in [2.24, 2.45) is 5.92 Å². The molecule has 1 rings (SSSR count). The Morgan fingerprint density at radius 1 is 1.35 bits per heavy atom. The number of carbonyl (C=O) groups is 1. The molecule has 0 heterocycles. The van der Waals surface area contributed by atoms with Crippen molar-refractivity contribution in [1.82, 2.24) is 10.6 Å². The van der Waals surface area contributed by atoms with Crippen LogP contribution in [0.2, 0.25) is 5.02 Å². The fourth-order valence-electron chi connectivity index (χ4n) is 1.72. The van der Waals surface area contributed by atoms with Crippen molar-refractivity contribution in [2.45, 2.75) is 19.9 Å². The molecule has 1 aromatic rings. The summed E-state index contributed by atoms with van der Waals surface area (Å²) in [5, 5.41) is 6.51. The normalized spacial score (nSPS) is 12.5. The number of carbonyl (C=O) groups excluding carboxylic acids is 1. The number of nitrogens with one attached hydrogen (secondary N) is 2. The van der Waals surface area contributed by atoms with E-state index in [-0.39, 0.29) is 17.9 Å². The second-order valence-electron chi connectivity index (χ2n) is 4.34. The molecule has 0 radical (unpaired) electrons. The number of rotatable bonds is 5. The second kappa shape index (κ2) is 6.62. The van der Waals surface area contributed by atoms with E-state index in [0.717, 1.165) is 5.56 Å². The molecule has 1 atom stereocenters. The minimum Gasteiger partial charge on any atom is -0.348 e. The number of hydrogen-bond donors (Lipinski definition) is 2. The molecule has 3 nitrogen and oxygen atoms in total. The third-order valence-electron chi connectivity index (χ3n) is 2.56. The van der Waals surface area contributed by atoms with Crippen molar-refractivity contribution in [2.75, 3.05) is 13.6 Å². The Labute approximate surface area is 108 Å². The van der Waals surface area contributed by atoms with Gasteiger partial charge in [0.1, 0.15) is 0 Å². The molecule has 0 aliphatic rings. The van der Waals surface area contributed by atoms with Crippen LogP contribution in [0.4, 0.5) is 0 Å². The van der Waals surface area contributed by atoms with E-state index in [2.05, 4.69) is 24.5 Å². The number of amides is 1. The van der Waals surface area contributed by atoms with Gasteiger partial charge < -0.3 is 10.6 Å². The zero-order valence-electron chi connectivity index (χ0n) is 10.5. The van der Waals surface area contributed by atoms with Crippen LogP contribution >= 0.6 is 11.6 Å². The maximum Gasteiger partial charge on any atom is 0.234 e. The standard InChI is InChI=1S/C13H19ClN2O/c1-9(2)13(16-12(17)8-15-3)10-6-4-5-7-11(10)14/h4-7,9,13,15H,8H2,1-3H3,(H,16,17). The highest BCUT2D eigenvalue weighted by Gasteiger charge is 2.19. The smallest absolute Gasteiger partial charge is 0.234 e. The predicted octanol–water partition coefficient (Wildman–Crippen LogP) is 2.37. The monoisotopic (exact) mass is 254 g/mol. The first-order chi connectivity index (χ1) is 8.06. The van der Waals surface area contributed by atoms with Crippen molar-refractivity contribution < 1.29 is 4.79 Å². The van der Waals surface area contributed by atoms with Gasteiger partial charge in [-0.1, -0.05) is 43.6 Å². The highest BCUT2D eigenvalue weighted by molar-refractivity contribution is 6.31. The molecule has 2 N–H and O–H groups in total. The molecule has 17 heavy (non-hydrogen) atoms. The maximum absolute atomic E-state index is 11.6. The minimum atomic E-state index is -0.0513. The van der Waals surface area contributed by atoms with Gasteiger partial charge in [-0.3, -0.25) is 4.79 Å². The largest absolute Gasteiger partial charge is 0.348 e. The van der Waals surface area contributed by atoms with Crippen molar-refractivity contribution in [3.8, 4) is 0 Å². The van der Waals surface area contributed by atoms with Crippen molar-refractivity contribution in [3.63, 3.8) is 0 Å². The van der Waals surface area contributed by atoms with E-state index in [1.54, 1.807) is 7.05 Å². The highest BCUT2D eigenvalue weighted by atomic mass is 35.5. The van der Waals surface area contributed by atoms with Gasteiger partial charge >= 0.3 is 0 Å². The Kier molecular flexibility index (Phi) is 5.45. The van der Waals surface area contributed by atoms with E-state index in [4.69, 9.17) is 11.6 Å². The van der Waals surface area contributed by atoms with Gasteiger partial charge in [0, 0.05) is 5.02 Å². The molecule has 0 fully saturated rings. The fourth-order valence-corrected chi connectivity index (χ4v) is 1.97. The molecule has 94 valence electrons. The van der Waals surface area contributed by atoms with Crippen LogP contribution in [0.1, 0.15) is 25.5 Å². The lowest BCUT2D eigenvalue weighted by Crippen LogP contribution is -2.37. The third-order valence-corrected chi connectivity index (χ3v) is 2.90. The van der Waals surface area contributed by atoms with Crippen LogP contribution in [0.3, 0.4) is 0 Å². The van der Waals surface area contributed by atoms with Crippen LogP contribution in [0.25, 0.3) is 0 Å². The van der Waals surface area contributed by atoms with Crippen LogP contribution in [-0.2, 0) is 4.79 Å². The summed E-state index contributed by atoms with van der Waals surface area (Å²) in [5.41, 5.74) is 0.966. The van der Waals surface area contributed by atoms with E-state index in [0.29, 0.717) is 11.6 Å². The number of benzene rings is 1. The van der Waals surface area contributed by atoms with Gasteiger partial charge in [0.05, 0.1) is 12.6 Å². The molecule has 0 saturated heterocycles. The van der Waals surface area contributed by atoms with Gasteiger partial charge in [0.2, 0.25) is 5.91 Å². The van der Waals surface area contributed by atoms with E-state index < -0.39 is 0 Å². The van der Waals surface area contributed by atoms with Crippen LogP contribution in [0.5, 0.6) is 0 Å². The number of hydrogen-bond acceptors (Lipinski definition) is 2. The first kappa shape index (κ1) is 14.0. The summed E-state index contributed by atoms with van der Waals surface area (Å²) in [6.07, 6.45) is 0. The molecular weight excluding hydrogens is 236 g/mol. The van der Waals surface area contributed by atoms with Crippen molar-refractivity contribution in [1.29, 1.82) is 0 Å². The van der Waals surface area contributed by atoms with Gasteiger partial charge in [0.25, 0.3) is 0 Å². The Hall–Kier alpha value is -1.06. The van der Waals surface area contributed by atoms with Crippen LogP contribution < -0.4 is 10.6 Å². The van der Waals surface area contributed by atoms with Gasteiger partial charge in [-0.05, 0) is 24.6 Å². The molecule has 0 bridgehead atoms. The average Bonchev–Trinajstić information content (AvgIpc) is 2.27. The highest BCUT2D eigenvalue weighted by Crippen LogP contribution is 2.27. The summed E-state index contributed by atoms with van der Waals surface area (Å²) in [4.78, 5) is 11.6. The lowest BCUT2D eigenvalue weighted by atomic mass is 9.96. The topological polar surface area (TPSA) is 41.1 Å². The Bertz CT molecular complexity index is 379. The summed E-state index contributed by atoms with van der Waals surface area (Å²) in [5.74, 6) is 0.266. The first-order valence-corrected chi connectivity index (χ1v) is 6.12. The van der Waals surface area contributed by atoms with E-state index in [9.17, 15) is 4.79 Å². The lowest BCUT2D eigenvalue weighted by Gasteiger charge is -2.23. The summed E-state index contributed by atoms with van der Waals surface area (Å²) < 4.78 is 0. The molecule has 0 saturated carbocycles. The Balaban J connectivity index is 2.87. The fraction of sp³-hybridized carbons (Fsp3) is 0.462. The minimum absolute atomic E-state index is 0.0221. The van der Waals surface area contributed by atoms with Gasteiger partial charge in [-0.2, -0.15) is 0 Å². The molecule has 1 amide bonds. The number of likely N-dealkylation sites (N-methyl/N-ethyl adjacent to an activating group) is 1. The quantitative estimate of drug-likeness (QED) is 0.847. The van der Waals surface area contributed by atoms with E-state index in [1.165, 1.54) is 0 Å². The van der Waals surface area contributed by atoms with E-state index >= 15 is 0 Å². The van der Waals surface area contributed by atoms with E-state index in [1.807, 2.05) is 24.3 Å². The van der Waals surface area contributed by atoms with Crippen LogP contribution in [-0.4, -0.2) is 19.5 Å². The van der Waals surface area contributed by atoms with Crippen LogP contribution in [0, 0.1) is 5.92 Å². The Morgan fingerprint density at radius 2 is 2.00 bits per heavy atom. The van der Waals surface area contributed by atoms with Crippen molar-refractivity contribution >= 4 is 17.5 Å². The molecule has 0 aromatic heterocycles. The summed E-state index contributed by atoms with van der Waals surface area (Å²) in [6.45, 7) is 4.44. The summed E-state index contributed by atoms with van der Waals surface area (Å²) >= 11 is 6.16. The predicted molar refractivity (Wildman–Crippen MR) is 71.1 cm³/mol. The van der Waals surface area contributed by atoms with Gasteiger partial charge in [-0.25, -0.2) is 0 Å². The summed E-state index contributed by atoms with van der Waals surface area (Å²) in [6, 6.07) is 7.56. The third kappa shape index (κ3) is 4.02. The molecule has 4 heteroatoms. The molecule has 0 aliphatic carbocycles. The molecular formula is C13H19ClN2O.